The van der Waals surface area contributed by atoms with Crippen LogP contribution in [0.1, 0.15) is 32.1 Å². The molecule has 3 rings (SSSR count). The Hall–Kier alpha value is -1.82. The van der Waals surface area contributed by atoms with Crippen molar-refractivity contribution in [2.45, 2.75) is 37.6 Å². The van der Waals surface area contributed by atoms with Crippen LogP contribution in [0.2, 0.25) is 0 Å². The summed E-state index contributed by atoms with van der Waals surface area (Å²) in [5.74, 6) is 1.11. The van der Waals surface area contributed by atoms with E-state index in [0.717, 1.165) is 19.3 Å². The Bertz CT molecular complexity index is 540. The van der Waals surface area contributed by atoms with Crippen LogP contribution in [0.4, 0.5) is 0 Å². The van der Waals surface area contributed by atoms with Crippen molar-refractivity contribution >= 4 is 0 Å². The van der Waals surface area contributed by atoms with Crippen LogP contribution in [0.25, 0.3) is 11.5 Å². The predicted molar refractivity (Wildman–Crippen MR) is 64.5 cm³/mol. The van der Waals surface area contributed by atoms with E-state index in [1.54, 1.807) is 12.3 Å². The van der Waals surface area contributed by atoms with Crippen LogP contribution in [0.15, 0.2) is 23.1 Å². The SMILES string of the molecule is CC1(c2nc(-c3ccncn3)no2)CCCC1N. The summed E-state index contributed by atoms with van der Waals surface area (Å²) >= 11 is 0. The molecule has 6 nitrogen and oxygen atoms in total. The summed E-state index contributed by atoms with van der Waals surface area (Å²) in [4.78, 5) is 12.4. The minimum absolute atomic E-state index is 0.0798. The molecule has 2 atom stereocenters. The molecule has 2 aromatic rings. The van der Waals surface area contributed by atoms with Crippen LogP contribution in [0.3, 0.4) is 0 Å². The zero-order valence-corrected chi connectivity index (χ0v) is 10.2. The van der Waals surface area contributed by atoms with Gasteiger partial charge in [0.2, 0.25) is 11.7 Å². The summed E-state index contributed by atoms with van der Waals surface area (Å²) in [6, 6.07) is 1.84. The minimum Gasteiger partial charge on any atom is -0.338 e. The van der Waals surface area contributed by atoms with Crippen LogP contribution in [-0.2, 0) is 5.41 Å². The molecule has 2 heterocycles. The largest absolute Gasteiger partial charge is 0.338 e. The lowest BCUT2D eigenvalue weighted by Gasteiger charge is -2.23. The first-order valence-corrected chi connectivity index (χ1v) is 6.06. The van der Waals surface area contributed by atoms with Crippen LogP contribution >= 0.6 is 0 Å². The van der Waals surface area contributed by atoms with Crippen molar-refractivity contribution in [2.24, 2.45) is 5.73 Å². The van der Waals surface area contributed by atoms with E-state index < -0.39 is 0 Å². The molecule has 0 spiro atoms. The Morgan fingerprint density at radius 2 is 2.39 bits per heavy atom. The van der Waals surface area contributed by atoms with Crippen molar-refractivity contribution in [1.82, 2.24) is 20.1 Å². The van der Waals surface area contributed by atoms with Crippen LogP contribution < -0.4 is 5.73 Å². The van der Waals surface area contributed by atoms with E-state index in [1.165, 1.54) is 6.33 Å². The van der Waals surface area contributed by atoms with Crippen LogP contribution in [0.5, 0.6) is 0 Å². The monoisotopic (exact) mass is 245 g/mol. The maximum Gasteiger partial charge on any atom is 0.234 e. The highest BCUT2D eigenvalue weighted by Crippen LogP contribution is 2.39. The van der Waals surface area contributed by atoms with Gasteiger partial charge < -0.3 is 10.3 Å². The van der Waals surface area contributed by atoms with E-state index in [9.17, 15) is 0 Å². The molecule has 0 radical (unpaired) electrons. The van der Waals surface area contributed by atoms with Gasteiger partial charge in [-0.3, -0.25) is 0 Å². The number of nitrogens with two attached hydrogens (primary N) is 1. The van der Waals surface area contributed by atoms with E-state index >= 15 is 0 Å². The van der Waals surface area contributed by atoms with Gasteiger partial charge in [-0.15, -0.1) is 0 Å². The van der Waals surface area contributed by atoms with Gasteiger partial charge in [0.1, 0.15) is 12.0 Å². The fourth-order valence-electron chi connectivity index (χ4n) is 2.44. The highest BCUT2D eigenvalue weighted by Gasteiger charge is 2.42. The lowest BCUT2D eigenvalue weighted by molar-refractivity contribution is 0.278. The maximum atomic E-state index is 6.14. The highest BCUT2D eigenvalue weighted by molar-refractivity contribution is 5.46. The van der Waals surface area contributed by atoms with E-state index in [1.807, 2.05) is 0 Å². The average Bonchev–Trinajstić information content (AvgIpc) is 3.00. The molecule has 1 fully saturated rings. The van der Waals surface area contributed by atoms with Crippen molar-refractivity contribution in [3.63, 3.8) is 0 Å². The van der Waals surface area contributed by atoms with Gasteiger partial charge in [0, 0.05) is 12.2 Å². The summed E-state index contributed by atoms with van der Waals surface area (Å²) in [7, 11) is 0. The van der Waals surface area contributed by atoms with Crippen molar-refractivity contribution < 1.29 is 4.52 Å². The van der Waals surface area contributed by atoms with Gasteiger partial charge in [-0.2, -0.15) is 4.98 Å². The van der Waals surface area contributed by atoms with Crippen molar-refractivity contribution in [2.75, 3.05) is 0 Å². The molecule has 6 heteroatoms. The fraction of sp³-hybridized carbons (Fsp3) is 0.500. The molecular formula is C12H15N5O. The molecule has 1 aliphatic rings. The van der Waals surface area contributed by atoms with E-state index in [0.29, 0.717) is 17.4 Å². The Kier molecular flexibility index (Phi) is 2.59. The number of aromatic nitrogens is 4. The third-order valence-electron chi connectivity index (χ3n) is 3.76. The lowest BCUT2D eigenvalue weighted by Crippen LogP contribution is -2.38. The molecule has 2 aromatic heterocycles. The molecular weight excluding hydrogens is 230 g/mol. The van der Waals surface area contributed by atoms with Crippen molar-refractivity contribution in [1.29, 1.82) is 0 Å². The van der Waals surface area contributed by atoms with Crippen molar-refractivity contribution in [3.05, 3.63) is 24.5 Å². The maximum absolute atomic E-state index is 6.14. The minimum atomic E-state index is -0.210. The summed E-state index contributed by atoms with van der Waals surface area (Å²) in [5, 5.41) is 3.98. The molecule has 18 heavy (non-hydrogen) atoms. The highest BCUT2D eigenvalue weighted by atomic mass is 16.5. The van der Waals surface area contributed by atoms with E-state index in [-0.39, 0.29) is 11.5 Å². The Morgan fingerprint density at radius 1 is 1.50 bits per heavy atom. The Balaban J connectivity index is 1.95. The van der Waals surface area contributed by atoms with Crippen LogP contribution in [0, 0.1) is 0 Å². The second kappa shape index (κ2) is 4.13. The van der Waals surface area contributed by atoms with E-state index in [2.05, 4.69) is 27.0 Å². The first kappa shape index (κ1) is 11.3. The molecule has 0 aliphatic heterocycles. The number of hydrogen-bond acceptors (Lipinski definition) is 6. The van der Waals surface area contributed by atoms with Gasteiger partial charge >= 0.3 is 0 Å². The van der Waals surface area contributed by atoms with Crippen LogP contribution in [-0.4, -0.2) is 26.2 Å². The quantitative estimate of drug-likeness (QED) is 0.857. The Morgan fingerprint density at radius 3 is 3.06 bits per heavy atom. The first-order chi connectivity index (χ1) is 8.70. The first-order valence-electron chi connectivity index (χ1n) is 6.06. The summed E-state index contributed by atoms with van der Waals surface area (Å²) in [5.41, 5.74) is 6.59. The molecule has 1 aliphatic carbocycles. The van der Waals surface area contributed by atoms with Crippen molar-refractivity contribution in [3.8, 4) is 11.5 Å². The third-order valence-corrected chi connectivity index (χ3v) is 3.76. The molecule has 2 N–H and O–H groups in total. The van der Waals surface area contributed by atoms with Gasteiger partial charge in [-0.25, -0.2) is 9.97 Å². The van der Waals surface area contributed by atoms with Gasteiger partial charge in [0.25, 0.3) is 0 Å². The fourth-order valence-corrected chi connectivity index (χ4v) is 2.44. The second-order valence-electron chi connectivity index (χ2n) is 4.93. The molecule has 0 aromatic carbocycles. The molecule has 2 unspecified atom stereocenters. The van der Waals surface area contributed by atoms with Gasteiger partial charge in [-0.05, 0) is 25.8 Å². The van der Waals surface area contributed by atoms with Gasteiger partial charge in [0.05, 0.1) is 5.41 Å². The zero-order chi connectivity index (χ0) is 12.6. The second-order valence-corrected chi connectivity index (χ2v) is 4.93. The number of rotatable bonds is 2. The summed E-state index contributed by atoms with van der Waals surface area (Å²) in [6.07, 6.45) is 6.21. The van der Waals surface area contributed by atoms with Gasteiger partial charge in [0.15, 0.2) is 0 Å². The summed E-state index contributed by atoms with van der Waals surface area (Å²) in [6.45, 7) is 2.09. The molecule has 94 valence electrons. The lowest BCUT2D eigenvalue weighted by atomic mass is 9.85. The third kappa shape index (κ3) is 1.69. The average molecular weight is 245 g/mol. The standard InChI is InChI=1S/C12H15N5O/c1-12(5-2-3-9(12)13)11-16-10(17-18-11)8-4-6-14-7-15-8/h4,6-7,9H,2-3,5,13H2,1H3. The smallest absolute Gasteiger partial charge is 0.234 e. The molecule has 1 saturated carbocycles. The molecule has 0 bridgehead atoms. The molecule has 0 amide bonds. The summed E-state index contributed by atoms with van der Waals surface area (Å²) < 4.78 is 5.37. The van der Waals surface area contributed by atoms with E-state index in [4.69, 9.17) is 10.3 Å². The Labute approximate surface area is 105 Å². The topological polar surface area (TPSA) is 90.7 Å². The van der Waals surface area contributed by atoms with Gasteiger partial charge in [-0.1, -0.05) is 11.6 Å². The number of nitrogens with zero attached hydrogens (tertiary/aromatic N) is 4. The predicted octanol–water partition coefficient (Wildman–Crippen LogP) is 1.30. The molecule has 0 saturated heterocycles. The normalized spacial score (nSPS) is 27.6. The number of hydrogen-bond donors (Lipinski definition) is 1. The zero-order valence-electron chi connectivity index (χ0n) is 10.2.